The van der Waals surface area contributed by atoms with Gasteiger partial charge in [0.15, 0.2) is 0 Å². The number of amides is 3. The van der Waals surface area contributed by atoms with Gasteiger partial charge in [0, 0.05) is 18.7 Å². The molecule has 1 fully saturated rings. The Bertz CT molecular complexity index is 1130. The maximum absolute atomic E-state index is 14.0. The monoisotopic (exact) mass is 475 g/mol. The summed E-state index contributed by atoms with van der Waals surface area (Å²) in [5.41, 5.74) is 3.29. The van der Waals surface area contributed by atoms with E-state index in [1.54, 1.807) is 7.05 Å². The van der Waals surface area contributed by atoms with Crippen LogP contribution in [0.2, 0.25) is 0 Å². The number of anilines is 1. The molecule has 0 unspecified atom stereocenters. The van der Waals surface area contributed by atoms with Crippen LogP contribution in [-0.2, 0) is 14.4 Å². The lowest BCUT2D eigenvalue weighted by Gasteiger charge is -2.34. The lowest BCUT2D eigenvalue weighted by atomic mass is 9.70. The normalized spacial score (nSPS) is 26.3. The van der Waals surface area contributed by atoms with Crippen LogP contribution in [0.3, 0.4) is 0 Å². The Hall–Kier alpha value is -3.45. The molecular weight excluding hydrogens is 442 g/mol. The van der Waals surface area contributed by atoms with E-state index in [-0.39, 0.29) is 30.2 Å². The van der Waals surface area contributed by atoms with E-state index in [9.17, 15) is 19.5 Å². The van der Waals surface area contributed by atoms with E-state index in [0.29, 0.717) is 5.69 Å². The maximum atomic E-state index is 14.0. The highest BCUT2D eigenvalue weighted by Crippen LogP contribution is 2.47. The Morgan fingerprint density at radius 3 is 2.26 bits per heavy atom. The van der Waals surface area contributed by atoms with Crippen LogP contribution in [0, 0.1) is 37.5 Å². The molecule has 2 aromatic rings. The summed E-state index contributed by atoms with van der Waals surface area (Å²) in [4.78, 5) is 42.3. The molecular formula is C28H33N3O4. The minimum Gasteiger partial charge on any atom is -0.394 e. The van der Waals surface area contributed by atoms with Crippen molar-refractivity contribution >= 4 is 23.4 Å². The molecule has 0 spiro atoms. The first-order chi connectivity index (χ1) is 16.8. The van der Waals surface area contributed by atoms with E-state index in [4.69, 9.17) is 0 Å². The highest BCUT2D eigenvalue weighted by molar-refractivity contribution is 6.02. The van der Waals surface area contributed by atoms with Crippen molar-refractivity contribution < 1.29 is 19.5 Å². The third-order valence-corrected chi connectivity index (χ3v) is 7.45. The summed E-state index contributed by atoms with van der Waals surface area (Å²) in [7, 11) is 1.56. The van der Waals surface area contributed by atoms with Gasteiger partial charge in [0.25, 0.3) is 0 Å². The van der Waals surface area contributed by atoms with E-state index in [1.165, 1.54) is 4.90 Å². The van der Waals surface area contributed by atoms with Gasteiger partial charge in [0.1, 0.15) is 6.04 Å². The summed E-state index contributed by atoms with van der Waals surface area (Å²) in [5.74, 6) is -2.78. The largest absolute Gasteiger partial charge is 0.394 e. The quantitative estimate of drug-likeness (QED) is 0.560. The number of rotatable bonds is 6. The molecule has 1 aliphatic heterocycles. The lowest BCUT2D eigenvalue weighted by Crippen LogP contribution is -2.47. The summed E-state index contributed by atoms with van der Waals surface area (Å²) < 4.78 is 0. The van der Waals surface area contributed by atoms with E-state index in [0.717, 1.165) is 16.7 Å². The number of carbonyl (C=O) groups excluding carboxylic acids is 3. The molecule has 1 aliphatic carbocycles. The van der Waals surface area contributed by atoms with Crippen molar-refractivity contribution in [2.45, 2.75) is 32.9 Å². The van der Waals surface area contributed by atoms with Crippen molar-refractivity contribution in [3.63, 3.8) is 0 Å². The molecule has 2 aliphatic rings. The number of hydrogen-bond acceptors (Lipinski definition) is 4. The molecule has 4 rings (SSSR count). The molecule has 0 bridgehead atoms. The van der Waals surface area contributed by atoms with Crippen molar-refractivity contribution in [3.05, 3.63) is 77.4 Å². The highest BCUT2D eigenvalue weighted by Gasteiger charge is 2.58. The molecule has 7 nitrogen and oxygen atoms in total. The van der Waals surface area contributed by atoms with Crippen molar-refractivity contribution in [2.75, 3.05) is 19.0 Å². The van der Waals surface area contributed by atoms with Gasteiger partial charge < -0.3 is 20.6 Å². The number of likely N-dealkylation sites (tertiary alicyclic amines) is 1. The Morgan fingerprint density at radius 1 is 1.00 bits per heavy atom. The third-order valence-electron chi connectivity index (χ3n) is 7.45. The number of hydrogen-bond donors (Lipinski definition) is 3. The van der Waals surface area contributed by atoms with Crippen LogP contribution in [-0.4, -0.2) is 47.4 Å². The zero-order valence-corrected chi connectivity index (χ0v) is 20.6. The number of nitrogens with zero attached hydrogens (tertiary/aromatic N) is 1. The van der Waals surface area contributed by atoms with Crippen LogP contribution in [0.15, 0.2) is 60.7 Å². The SMILES string of the molecule is CNC(=O)[C@H]1[C@H]2C(=O)N([C@H](CO)c3ccccc3)[C@H](C(=O)Nc3c(C)cccc3C)[C@H]2C=C[C@H]1C. The number of para-hydroxylation sites is 1. The summed E-state index contributed by atoms with van der Waals surface area (Å²) in [6, 6.07) is 13.4. The number of carbonyl (C=O) groups is 3. The van der Waals surface area contributed by atoms with Crippen LogP contribution in [0.1, 0.15) is 29.7 Å². The minimum atomic E-state index is -0.875. The van der Waals surface area contributed by atoms with Crippen LogP contribution in [0.5, 0.6) is 0 Å². The van der Waals surface area contributed by atoms with Crippen molar-refractivity contribution in [3.8, 4) is 0 Å². The second-order valence-electron chi connectivity index (χ2n) is 9.54. The fourth-order valence-corrected chi connectivity index (χ4v) is 5.68. The van der Waals surface area contributed by atoms with Crippen molar-refractivity contribution in [2.24, 2.45) is 23.7 Å². The molecule has 1 saturated heterocycles. The van der Waals surface area contributed by atoms with Crippen molar-refractivity contribution in [1.82, 2.24) is 10.2 Å². The molecule has 3 amide bonds. The number of allylic oxidation sites excluding steroid dienone is 1. The van der Waals surface area contributed by atoms with Gasteiger partial charge >= 0.3 is 0 Å². The summed E-state index contributed by atoms with van der Waals surface area (Å²) in [6.45, 7) is 5.42. The third kappa shape index (κ3) is 4.36. The number of aliphatic hydroxyl groups is 1. The molecule has 35 heavy (non-hydrogen) atoms. The maximum Gasteiger partial charge on any atom is 0.247 e. The molecule has 184 valence electrons. The van der Waals surface area contributed by atoms with Crippen LogP contribution >= 0.6 is 0 Å². The van der Waals surface area contributed by atoms with E-state index < -0.39 is 29.8 Å². The van der Waals surface area contributed by atoms with Gasteiger partial charge in [-0.3, -0.25) is 14.4 Å². The molecule has 0 aromatic heterocycles. The van der Waals surface area contributed by atoms with Crippen LogP contribution in [0.4, 0.5) is 5.69 Å². The Balaban J connectivity index is 1.81. The second-order valence-corrected chi connectivity index (χ2v) is 9.54. The molecule has 0 radical (unpaired) electrons. The van der Waals surface area contributed by atoms with Gasteiger partial charge in [-0.25, -0.2) is 0 Å². The standard InChI is InChI=1S/C28H33N3O4/c1-16-13-14-20-23(22(16)26(33)29-4)28(35)31(21(15-32)19-11-6-5-7-12-19)25(20)27(34)30-24-17(2)9-8-10-18(24)3/h5-14,16,20-23,25,32H,15H2,1-4H3,(H,29,33)(H,30,34)/t16-,20+,21-,22-,23+,25+/m1/s1. The second kappa shape index (κ2) is 10.0. The van der Waals surface area contributed by atoms with Gasteiger partial charge in [-0.15, -0.1) is 0 Å². The molecule has 0 saturated carbocycles. The average Bonchev–Trinajstić information content (AvgIpc) is 3.14. The topological polar surface area (TPSA) is 98.7 Å². The number of aryl methyl sites for hydroxylation is 2. The fourth-order valence-electron chi connectivity index (χ4n) is 5.68. The van der Waals surface area contributed by atoms with Gasteiger partial charge in [0.05, 0.1) is 24.5 Å². The number of benzene rings is 2. The Labute approximate surface area is 206 Å². The van der Waals surface area contributed by atoms with Crippen LogP contribution in [0.25, 0.3) is 0 Å². The molecule has 6 atom stereocenters. The number of nitrogens with one attached hydrogen (secondary N) is 2. The van der Waals surface area contributed by atoms with Gasteiger partial charge in [-0.1, -0.05) is 67.6 Å². The predicted octanol–water partition coefficient (Wildman–Crippen LogP) is 2.99. The Morgan fingerprint density at radius 2 is 1.66 bits per heavy atom. The Kier molecular flexibility index (Phi) is 7.08. The summed E-state index contributed by atoms with van der Waals surface area (Å²) >= 11 is 0. The predicted molar refractivity (Wildman–Crippen MR) is 134 cm³/mol. The van der Waals surface area contributed by atoms with Crippen LogP contribution < -0.4 is 10.6 Å². The van der Waals surface area contributed by atoms with Gasteiger partial charge in [-0.05, 0) is 36.5 Å². The molecule has 1 heterocycles. The van der Waals surface area contributed by atoms with Crippen molar-refractivity contribution in [1.29, 1.82) is 0 Å². The summed E-state index contributed by atoms with van der Waals surface area (Å²) in [5, 5.41) is 16.2. The van der Waals surface area contributed by atoms with E-state index in [2.05, 4.69) is 10.6 Å². The number of fused-ring (bicyclic) bond motifs is 1. The van der Waals surface area contributed by atoms with E-state index in [1.807, 2.05) is 81.5 Å². The van der Waals surface area contributed by atoms with E-state index >= 15 is 0 Å². The lowest BCUT2D eigenvalue weighted by molar-refractivity contribution is -0.142. The van der Waals surface area contributed by atoms with Gasteiger partial charge in [-0.2, -0.15) is 0 Å². The average molecular weight is 476 g/mol. The first-order valence-corrected chi connectivity index (χ1v) is 12.0. The number of aliphatic hydroxyl groups excluding tert-OH is 1. The summed E-state index contributed by atoms with van der Waals surface area (Å²) in [6.07, 6.45) is 3.83. The zero-order valence-electron chi connectivity index (χ0n) is 20.6. The molecule has 7 heteroatoms. The fraction of sp³-hybridized carbons (Fsp3) is 0.393. The first-order valence-electron chi connectivity index (χ1n) is 12.0. The highest BCUT2D eigenvalue weighted by atomic mass is 16.3. The molecule has 3 N–H and O–H groups in total. The zero-order chi connectivity index (χ0) is 25.3. The smallest absolute Gasteiger partial charge is 0.247 e. The first kappa shape index (κ1) is 24.7. The van der Waals surface area contributed by atoms with Gasteiger partial charge in [0.2, 0.25) is 17.7 Å². The minimum absolute atomic E-state index is 0.160. The molecule has 2 aromatic carbocycles.